The van der Waals surface area contributed by atoms with E-state index < -0.39 is 6.92 Å². The standard InChI is InChI=1S/C11H16NOPS/c15-14(11-7-3-1-4-8-11)13-12-9-5-2-6-10-12/h1,3-4,7-8,14H,2,5-6,9-10H2. The Balaban J connectivity index is 1.91. The first-order chi connectivity index (χ1) is 7.36. The molecule has 0 radical (unpaired) electrons. The van der Waals surface area contributed by atoms with Crippen LogP contribution in [0.5, 0.6) is 0 Å². The van der Waals surface area contributed by atoms with Gasteiger partial charge in [0.2, 0.25) is 0 Å². The summed E-state index contributed by atoms with van der Waals surface area (Å²) in [4.78, 5) is 0. The van der Waals surface area contributed by atoms with E-state index in [4.69, 9.17) is 16.4 Å². The molecule has 1 aliphatic heterocycles. The van der Waals surface area contributed by atoms with Gasteiger partial charge in [-0.2, -0.15) is 5.06 Å². The minimum Gasteiger partial charge on any atom is -0.267 e. The largest absolute Gasteiger partial charge is 0.267 e. The fraction of sp³-hybridized carbons (Fsp3) is 0.455. The van der Waals surface area contributed by atoms with Crippen LogP contribution in [0.4, 0.5) is 0 Å². The third kappa shape index (κ3) is 3.39. The van der Waals surface area contributed by atoms with Crippen molar-refractivity contribution in [3.63, 3.8) is 0 Å². The Labute approximate surface area is 96.7 Å². The molecule has 1 fully saturated rings. The highest BCUT2D eigenvalue weighted by Gasteiger charge is 2.12. The van der Waals surface area contributed by atoms with E-state index in [1.807, 2.05) is 18.2 Å². The zero-order valence-corrected chi connectivity index (χ0v) is 10.5. The summed E-state index contributed by atoms with van der Waals surface area (Å²) in [6.07, 6.45) is 3.79. The van der Waals surface area contributed by atoms with Crippen molar-refractivity contribution in [3.05, 3.63) is 30.3 Å². The number of nitrogens with zero attached hydrogens (tertiary/aromatic N) is 1. The van der Waals surface area contributed by atoms with Crippen LogP contribution in [0.3, 0.4) is 0 Å². The van der Waals surface area contributed by atoms with E-state index in [0.29, 0.717) is 0 Å². The summed E-state index contributed by atoms with van der Waals surface area (Å²) in [5, 5.41) is 3.22. The molecule has 0 aromatic heterocycles. The topological polar surface area (TPSA) is 12.5 Å². The molecule has 1 saturated heterocycles. The molecule has 1 aromatic rings. The maximum absolute atomic E-state index is 5.83. The van der Waals surface area contributed by atoms with E-state index in [2.05, 4.69) is 17.2 Å². The monoisotopic (exact) mass is 241 g/mol. The van der Waals surface area contributed by atoms with Crippen molar-refractivity contribution in [2.45, 2.75) is 19.3 Å². The number of benzene rings is 1. The lowest BCUT2D eigenvalue weighted by atomic mass is 10.2. The Kier molecular flexibility index (Phi) is 4.33. The van der Waals surface area contributed by atoms with E-state index in [1.165, 1.54) is 24.6 Å². The minimum atomic E-state index is -1.26. The Hall–Kier alpha value is -0.210. The van der Waals surface area contributed by atoms with E-state index >= 15 is 0 Å². The molecule has 0 spiro atoms. The van der Waals surface area contributed by atoms with Gasteiger partial charge in [0.05, 0.1) is 0 Å². The molecule has 1 heterocycles. The summed E-state index contributed by atoms with van der Waals surface area (Å²) in [5.41, 5.74) is 0. The zero-order chi connectivity index (χ0) is 10.5. The third-order valence-corrected chi connectivity index (χ3v) is 4.70. The van der Waals surface area contributed by atoms with Crippen LogP contribution < -0.4 is 5.30 Å². The number of piperidine rings is 1. The van der Waals surface area contributed by atoms with E-state index in [0.717, 1.165) is 13.1 Å². The van der Waals surface area contributed by atoms with E-state index in [9.17, 15) is 0 Å². The predicted molar refractivity (Wildman–Crippen MR) is 68.3 cm³/mol. The lowest BCUT2D eigenvalue weighted by molar-refractivity contribution is -0.0570. The van der Waals surface area contributed by atoms with Gasteiger partial charge < -0.3 is 0 Å². The Morgan fingerprint density at radius 3 is 2.40 bits per heavy atom. The zero-order valence-electron chi connectivity index (χ0n) is 8.69. The summed E-state index contributed by atoms with van der Waals surface area (Å²) in [6, 6.07) is 10.2. The molecule has 2 rings (SSSR count). The van der Waals surface area contributed by atoms with Crippen LogP contribution in [-0.2, 0) is 16.4 Å². The van der Waals surface area contributed by atoms with Crippen molar-refractivity contribution in [1.82, 2.24) is 5.06 Å². The smallest absolute Gasteiger partial charge is 0.107 e. The lowest BCUT2D eigenvalue weighted by Gasteiger charge is -2.26. The first-order valence-corrected chi connectivity index (χ1v) is 7.93. The van der Waals surface area contributed by atoms with Crippen LogP contribution in [-0.4, -0.2) is 18.2 Å². The second kappa shape index (κ2) is 5.76. The van der Waals surface area contributed by atoms with Gasteiger partial charge in [0.15, 0.2) is 0 Å². The minimum absolute atomic E-state index is 1.04. The van der Waals surface area contributed by atoms with Gasteiger partial charge in [0, 0.05) is 18.4 Å². The maximum Gasteiger partial charge on any atom is 0.107 e. The highest BCUT2D eigenvalue weighted by atomic mass is 32.4. The van der Waals surface area contributed by atoms with Crippen molar-refractivity contribution in [2.75, 3.05) is 13.1 Å². The van der Waals surface area contributed by atoms with E-state index in [-0.39, 0.29) is 0 Å². The molecule has 1 unspecified atom stereocenters. The van der Waals surface area contributed by atoms with Crippen LogP contribution in [0.15, 0.2) is 30.3 Å². The van der Waals surface area contributed by atoms with Crippen LogP contribution in [0.25, 0.3) is 0 Å². The second-order valence-corrected chi connectivity index (χ2v) is 6.18. The third-order valence-electron chi connectivity index (χ3n) is 2.54. The summed E-state index contributed by atoms with van der Waals surface area (Å²) in [5.74, 6) is 0. The summed E-state index contributed by atoms with van der Waals surface area (Å²) in [6.45, 7) is 0.822. The Morgan fingerprint density at radius 1 is 1.07 bits per heavy atom. The van der Waals surface area contributed by atoms with Gasteiger partial charge in [-0.1, -0.05) is 48.6 Å². The average Bonchev–Trinajstić information content (AvgIpc) is 2.31. The van der Waals surface area contributed by atoms with Gasteiger partial charge in [-0.25, -0.2) is 0 Å². The SMILES string of the molecule is S=[PH](ON1CCCCC1)c1ccccc1. The number of rotatable bonds is 3. The molecule has 0 bridgehead atoms. The Bertz CT molecular complexity index is 325. The molecule has 0 N–H and O–H groups in total. The van der Waals surface area contributed by atoms with Crippen molar-refractivity contribution in [3.8, 4) is 0 Å². The molecule has 1 aliphatic rings. The van der Waals surface area contributed by atoms with Crippen LogP contribution in [0, 0.1) is 0 Å². The van der Waals surface area contributed by atoms with Crippen molar-refractivity contribution < 1.29 is 4.62 Å². The molecule has 1 aromatic carbocycles. The first kappa shape index (κ1) is 11.3. The normalized spacial score (nSPS) is 20.0. The van der Waals surface area contributed by atoms with Gasteiger partial charge in [-0.05, 0) is 12.8 Å². The molecule has 4 heteroatoms. The number of hydrogen-bond acceptors (Lipinski definition) is 3. The van der Waals surface area contributed by atoms with Crippen molar-refractivity contribution >= 4 is 24.0 Å². The predicted octanol–water partition coefficient (Wildman–Crippen LogP) is 2.32. The fourth-order valence-electron chi connectivity index (χ4n) is 1.70. The van der Waals surface area contributed by atoms with Crippen LogP contribution in [0.1, 0.15) is 19.3 Å². The first-order valence-electron chi connectivity index (χ1n) is 5.38. The summed E-state index contributed by atoms with van der Waals surface area (Å²) >= 11 is 5.42. The quantitative estimate of drug-likeness (QED) is 0.754. The van der Waals surface area contributed by atoms with Gasteiger partial charge >= 0.3 is 0 Å². The molecule has 0 aliphatic carbocycles. The van der Waals surface area contributed by atoms with Crippen molar-refractivity contribution in [1.29, 1.82) is 0 Å². The second-order valence-electron chi connectivity index (χ2n) is 3.73. The molecule has 82 valence electrons. The highest BCUT2D eigenvalue weighted by Crippen LogP contribution is 2.25. The average molecular weight is 241 g/mol. The van der Waals surface area contributed by atoms with Crippen LogP contribution >= 0.6 is 6.92 Å². The van der Waals surface area contributed by atoms with Crippen molar-refractivity contribution in [2.24, 2.45) is 0 Å². The maximum atomic E-state index is 5.83. The summed E-state index contributed by atoms with van der Waals surface area (Å²) in [7, 11) is 0. The fourth-order valence-corrected chi connectivity index (χ4v) is 3.41. The molecule has 0 saturated carbocycles. The van der Waals surface area contributed by atoms with E-state index in [1.54, 1.807) is 0 Å². The molecule has 15 heavy (non-hydrogen) atoms. The van der Waals surface area contributed by atoms with Gasteiger partial charge in [-0.3, -0.25) is 4.62 Å². The molecular formula is C11H16NOPS. The lowest BCUT2D eigenvalue weighted by Crippen LogP contribution is -2.28. The summed E-state index contributed by atoms with van der Waals surface area (Å²) < 4.78 is 5.83. The van der Waals surface area contributed by atoms with Gasteiger partial charge in [-0.15, -0.1) is 0 Å². The Morgan fingerprint density at radius 2 is 1.73 bits per heavy atom. The highest BCUT2D eigenvalue weighted by molar-refractivity contribution is 8.06. The number of hydrogen-bond donors (Lipinski definition) is 0. The van der Waals surface area contributed by atoms with Crippen LogP contribution in [0.2, 0.25) is 0 Å². The van der Waals surface area contributed by atoms with Gasteiger partial charge in [0.1, 0.15) is 6.92 Å². The van der Waals surface area contributed by atoms with Gasteiger partial charge in [0.25, 0.3) is 0 Å². The number of hydroxylamine groups is 2. The molecule has 2 nitrogen and oxygen atoms in total. The molecule has 1 atom stereocenters. The molecule has 0 amide bonds. The molecular weight excluding hydrogens is 225 g/mol.